The van der Waals surface area contributed by atoms with E-state index in [1.807, 2.05) is 0 Å². The van der Waals surface area contributed by atoms with Crippen molar-refractivity contribution in [3.63, 3.8) is 0 Å². The van der Waals surface area contributed by atoms with Crippen LogP contribution in [0.1, 0.15) is 284 Å². The Balaban J connectivity index is 3.56. The number of hydrogen-bond acceptors (Lipinski definition) is 4. The van der Waals surface area contributed by atoms with Crippen LogP contribution in [-0.4, -0.2) is 46.1 Å². The van der Waals surface area contributed by atoms with Crippen molar-refractivity contribution in [1.82, 2.24) is 5.32 Å². The van der Waals surface area contributed by atoms with E-state index >= 15 is 0 Å². The van der Waals surface area contributed by atoms with E-state index < -0.39 is 18.2 Å². The number of rotatable bonds is 47. The first-order valence-corrected chi connectivity index (χ1v) is 25.5. The van der Waals surface area contributed by atoms with E-state index in [0.29, 0.717) is 12.8 Å². The molecule has 3 unspecified atom stereocenters. The largest absolute Gasteiger partial charge is 0.394 e. The minimum absolute atomic E-state index is 0.144. The molecule has 3 atom stereocenters. The number of aliphatic hydroxyl groups is 3. The molecule has 5 nitrogen and oxygen atoms in total. The number of carbonyl (C=O) groups is 1. The summed E-state index contributed by atoms with van der Waals surface area (Å²) < 4.78 is 0. The quantitative estimate of drug-likeness (QED) is 0.0365. The Morgan fingerprint density at radius 1 is 0.429 bits per heavy atom. The molecular formula is C51H101NO4. The van der Waals surface area contributed by atoms with Crippen LogP contribution in [0, 0.1) is 0 Å². The third kappa shape index (κ3) is 41.3. The molecule has 1 amide bonds. The number of aliphatic hydroxyl groups excluding tert-OH is 3. The highest BCUT2D eigenvalue weighted by molar-refractivity contribution is 5.76. The van der Waals surface area contributed by atoms with E-state index in [2.05, 4.69) is 31.3 Å². The molecule has 0 aromatic carbocycles. The van der Waals surface area contributed by atoms with Gasteiger partial charge in [0, 0.05) is 6.42 Å². The van der Waals surface area contributed by atoms with Gasteiger partial charge in [-0.25, -0.2) is 0 Å². The molecule has 0 aliphatic carbocycles. The van der Waals surface area contributed by atoms with Crippen LogP contribution in [0.25, 0.3) is 0 Å². The first-order valence-electron chi connectivity index (χ1n) is 25.5. The summed E-state index contributed by atoms with van der Waals surface area (Å²) >= 11 is 0. The average molecular weight is 792 g/mol. The number of nitrogens with one attached hydrogen (secondary N) is 1. The number of unbranched alkanes of at least 4 members (excludes halogenated alkanes) is 37. The van der Waals surface area contributed by atoms with E-state index in [-0.39, 0.29) is 12.5 Å². The molecule has 0 spiro atoms. The van der Waals surface area contributed by atoms with Crippen molar-refractivity contribution < 1.29 is 20.1 Å². The fraction of sp³-hybridized carbons (Fsp3) is 0.941. The predicted molar refractivity (Wildman–Crippen MR) is 245 cm³/mol. The van der Waals surface area contributed by atoms with Crippen LogP contribution < -0.4 is 5.32 Å². The van der Waals surface area contributed by atoms with E-state index in [4.69, 9.17) is 0 Å². The summed E-state index contributed by atoms with van der Waals surface area (Å²) in [6.45, 7) is 4.21. The van der Waals surface area contributed by atoms with E-state index in [0.717, 1.165) is 32.1 Å². The molecule has 0 fully saturated rings. The Hall–Kier alpha value is -0.910. The SMILES string of the molecule is CCCCCCCCCCCCC/C=C\CCCCCCCCCC(=O)NC(CO)C(O)C(O)CCCCCCCCCCCCCCCCCCCCCC. The van der Waals surface area contributed by atoms with Crippen LogP contribution in [-0.2, 0) is 4.79 Å². The van der Waals surface area contributed by atoms with Gasteiger partial charge in [0.15, 0.2) is 0 Å². The zero-order valence-electron chi connectivity index (χ0n) is 38.0. The number of hydrogen-bond donors (Lipinski definition) is 4. The fourth-order valence-electron chi connectivity index (χ4n) is 8.16. The van der Waals surface area contributed by atoms with Crippen molar-refractivity contribution in [2.75, 3.05) is 6.61 Å². The highest BCUT2D eigenvalue weighted by Gasteiger charge is 2.26. The minimum atomic E-state index is -1.14. The minimum Gasteiger partial charge on any atom is -0.394 e. The lowest BCUT2D eigenvalue weighted by Gasteiger charge is -2.26. The number of amides is 1. The fourth-order valence-corrected chi connectivity index (χ4v) is 8.16. The van der Waals surface area contributed by atoms with Crippen molar-refractivity contribution in [2.24, 2.45) is 0 Å². The summed E-state index contributed by atoms with van der Waals surface area (Å²) in [5.74, 6) is -0.144. The Morgan fingerprint density at radius 3 is 1.04 bits per heavy atom. The van der Waals surface area contributed by atoms with Crippen LogP contribution in [0.5, 0.6) is 0 Å². The van der Waals surface area contributed by atoms with Crippen LogP contribution in [0.2, 0.25) is 0 Å². The van der Waals surface area contributed by atoms with Gasteiger partial charge in [0.1, 0.15) is 6.10 Å². The second-order valence-electron chi connectivity index (χ2n) is 17.7. The Labute approximate surface area is 350 Å². The molecule has 0 aromatic rings. The normalized spacial score (nSPS) is 13.4. The molecule has 0 rings (SSSR count). The van der Waals surface area contributed by atoms with Crippen molar-refractivity contribution >= 4 is 5.91 Å². The molecule has 5 heteroatoms. The molecule has 0 heterocycles. The van der Waals surface area contributed by atoms with Gasteiger partial charge in [0.2, 0.25) is 5.91 Å². The molecule has 0 bridgehead atoms. The Bertz CT molecular complexity index is 788. The van der Waals surface area contributed by atoms with Gasteiger partial charge in [0.05, 0.1) is 18.8 Å². The maximum Gasteiger partial charge on any atom is 0.220 e. The third-order valence-corrected chi connectivity index (χ3v) is 12.1. The number of allylic oxidation sites excluding steroid dienone is 2. The Morgan fingerprint density at radius 2 is 0.714 bits per heavy atom. The van der Waals surface area contributed by atoms with E-state index in [1.54, 1.807) is 0 Å². The summed E-state index contributed by atoms with van der Waals surface area (Å²) in [5.41, 5.74) is 0. The lowest BCUT2D eigenvalue weighted by molar-refractivity contribution is -0.124. The van der Waals surface area contributed by atoms with Gasteiger partial charge in [0.25, 0.3) is 0 Å². The second kappa shape index (κ2) is 46.8. The summed E-state index contributed by atoms with van der Waals surface area (Å²) in [5, 5.41) is 33.7. The molecule has 0 aliphatic rings. The maximum atomic E-state index is 12.5. The molecule has 0 saturated heterocycles. The van der Waals surface area contributed by atoms with Gasteiger partial charge in [-0.3, -0.25) is 4.79 Å². The monoisotopic (exact) mass is 792 g/mol. The number of carbonyl (C=O) groups excluding carboxylic acids is 1. The maximum absolute atomic E-state index is 12.5. The molecule has 0 aliphatic heterocycles. The molecule has 4 N–H and O–H groups in total. The molecule has 0 aromatic heterocycles. The topological polar surface area (TPSA) is 89.8 Å². The van der Waals surface area contributed by atoms with Crippen molar-refractivity contribution in [1.29, 1.82) is 0 Å². The van der Waals surface area contributed by atoms with Gasteiger partial charge >= 0.3 is 0 Å². The van der Waals surface area contributed by atoms with E-state index in [1.165, 1.54) is 225 Å². The van der Waals surface area contributed by atoms with Crippen molar-refractivity contribution in [3.8, 4) is 0 Å². The highest BCUT2D eigenvalue weighted by atomic mass is 16.3. The molecule has 0 radical (unpaired) electrons. The standard InChI is InChI=1S/C51H101NO4/c1-3-5-7-9-11-13-15-17-19-21-23-25-26-28-30-32-34-36-38-40-42-44-46-50(55)52-48(47-53)51(56)49(54)45-43-41-39-37-35-33-31-29-27-24-22-20-18-16-14-12-10-8-6-4-2/h26,28,48-49,51,53-54,56H,3-25,27,29-47H2,1-2H3,(H,52,55)/b28-26-. The highest BCUT2D eigenvalue weighted by Crippen LogP contribution is 2.17. The molecule has 0 saturated carbocycles. The third-order valence-electron chi connectivity index (χ3n) is 12.1. The van der Waals surface area contributed by atoms with Gasteiger partial charge in [-0.15, -0.1) is 0 Å². The van der Waals surface area contributed by atoms with Crippen LogP contribution in [0.3, 0.4) is 0 Å². The summed E-state index contributed by atoms with van der Waals surface area (Å²) in [4.78, 5) is 12.5. The average Bonchev–Trinajstić information content (AvgIpc) is 3.20. The zero-order chi connectivity index (χ0) is 40.8. The molecular weight excluding hydrogens is 691 g/mol. The van der Waals surface area contributed by atoms with Crippen LogP contribution in [0.15, 0.2) is 12.2 Å². The van der Waals surface area contributed by atoms with Crippen LogP contribution >= 0.6 is 0 Å². The second-order valence-corrected chi connectivity index (χ2v) is 17.7. The summed E-state index contributed by atoms with van der Waals surface area (Å²) in [6.07, 6.45) is 56.2. The predicted octanol–water partition coefficient (Wildman–Crippen LogP) is 15.2. The molecule has 56 heavy (non-hydrogen) atoms. The Kier molecular flexibility index (Phi) is 46.0. The van der Waals surface area contributed by atoms with Crippen molar-refractivity contribution in [3.05, 3.63) is 12.2 Å². The first kappa shape index (κ1) is 55.1. The molecule has 334 valence electrons. The van der Waals surface area contributed by atoms with Crippen LogP contribution in [0.4, 0.5) is 0 Å². The summed E-state index contributed by atoms with van der Waals surface area (Å²) in [7, 11) is 0. The lowest BCUT2D eigenvalue weighted by Crippen LogP contribution is -2.50. The van der Waals surface area contributed by atoms with Gasteiger partial charge in [-0.05, 0) is 38.5 Å². The first-order chi connectivity index (χ1) is 27.6. The lowest BCUT2D eigenvalue weighted by atomic mass is 9.99. The summed E-state index contributed by atoms with van der Waals surface area (Å²) in [6, 6.07) is -0.809. The van der Waals surface area contributed by atoms with Crippen molar-refractivity contribution in [2.45, 2.75) is 302 Å². The zero-order valence-corrected chi connectivity index (χ0v) is 38.0. The van der Waals surface area contributed by atoms with Gasteiger partial charge < -0.3 is 20.6 Å². The smallest absolute Gasteiger partial charge is 0.220 e. The van der Waals surface area contributed by atoms with Gasteiger partial charge in [-0.2, -0.15) is 0 Å². The van der Waals surface area contributed by atoms with E-state index in [9.17, 15) is 20.1 Å². The van der Waals surface area contributed by atoms with Gasteiger partial charge in [-0.1, -0.05) is 251 Å².